The van der Waals surface area contributed by atoms with Crippen molar-refractivity contribution in [2.75, 3.05) is 25.5 Å². The molecule has 0 fully saturated rings. The predicted molar refractivity (Wildman–Crippen MR) is 104 cm³/mol. The summed E-state index contributed by atoms with van der Waals surface area (Å²) in [5.74, 6) is -2.31. The van der Waals surface area contributed by atoms with Gasteiger partial charge in [0.1, 0.15) is 0 Å². The number of ether oxygens (including phenoxy) is 1. The lowest BCUT2D eigenvalue weighted by molar-refractivity contribution is -0.137. The number of esters is 1. The fraction of sp³-hybridized carbons (Fsp3) is 0.200. The molecule has 2 rings (SSSR count). The van der Waals surface area contributed by atoms with E-state index < -0.39 is 47.7 Å². The lowest BCUT2D eigenvalue weighted by Gasteiger charge is -2.17. The summed E-state index contributed by atoms with van der Waals surface area (Å²) in [6, 6.07) is 10.4. The number of carbonyl (C=O) groups is 3. The Bertz CT molecular complexity index is 1050. The molecule has 2 aromatic carbocycles. The van der Waals surface area contributed by atoms with Crippen LogP contribution in [0.3, 0.4) is 0 Å². The smallest absolute Gasteiger partial charge is 0.417 e. The number of likely N-dealkylation sites (N-methyl/N-ethyl adjacent to an activating group) is 1. The second-order valence-electron chi connectivity index (χ2n) is 6.26. The van der Waals surface area contributed by atoms with Crippen LogP contribution >= 0.6 is 11.6 Å². The average Bonchev–Trinajstić information content (AvgIpc) is 2.72. The van der Waals surface area contributed by atoms with Crippen LogP contribution in [0.15, 0.2) is 42.5 Å². The minimum Gasteiger partial charge on any atom is -0.452 e. The van der Waals surface area contributed by atoms with Gasteiger partial charge in [-0.3, -0.25) is 9.59 Å². The van der Waals surface area contributed by atoms with Crippen LogP contribution in [0.25, 0.3) is 0 Å². The van der Waals surface area contributed by atoms with Gasteiger partial charge in [0.05, 0.1) is 34.3 Å². The third kappa shape index (κ3) is 6.72. The van der Waals surface area contributed by atoms with E-state index in [1.807, 2.05) is 6.07 Å². The van der Waals surface area contributed by atoms with Gasteiger partial charge in [0.25, 0.3) is 5.91 Å². The van der Waals surface area contributed by atoms with E-state index in [1.165, 1.54) is 37.4 Å². The summed E-state index contributed by atoms with van der Waals surface area (Å²) in [6.45, 7) is -1.16. The normalized spacial score (nSPS) is 10.7. The van der Waals surface area contributed by atoms with Gasteiger partial charge in [-0.15, -0.1) is 0 Å². The Balaban J connectivity index is 1.90. The Morgan fingerprint density at radius 3 is 2.55 bits per heavy atom. The summed E-state index contributed by atoms with van der Waals surface area (Å²) in [5.41, 5.74) is -0.934. The van der Waals surface area contributed by atoms with Gasteiger partial charge in [-0.2, -0.15) is 18.4 Å². The van der Waals surface area contributed by atoms with Crippen LogP contribution in [-0.4, -0.2) is 42.9 Å². The fourth-order valence-electron chi connectivity index (χ4n) is 2.36. The van der Waals surface area contributed by atoms with Crippen LogP contribution in [0.5, 0.6) is 0 Å². The molecule has 31 heavy (non-hydrogen) atoms. The molecular formula is C20H15ClF3N3O4. The number of amides is 2. The molecule has 0 unspecified atom stereocenters. The predicted octanol–water partition coefficient (Wildman–Crippen LogP) is 3.48. The van der Waals surface area contributed by atoms with Crippen LogP contribution in [0.1, 0.15) is 21.5 Å². The molecule has 1 N–H and O–H groups in total. The third-order valence-corrected chi connectivity index (χ3v) is 4.25. The molecule has 0 aliphatic heterocycles. The Hall–Kier alpha value is -3.58. The number of hydrogen-bond donors (Lipinski definition) is 1. The monoisotopic (exact) mass is 453 g/mol. The molecule has 2 aromatic rings. The molecule has 2 amide bonds. The van der Waals surface area contributed by atoms with Crippen molar-refractivity contribution in [3.63, 3.8) is 0 Å². The highest BCUT2D eigenvalue weighted by Gasteiger charge is 2.33. The second-order valence-corrected chi connectivity index (χ2v) is 6.67. The van der Waals surface area contributed by atoms with Gasteiger partial charge in [0, 0.05) is 12.7 Å². The first-order valence-corrected chi connectivity index (χ1v) is 8.97. The van der Waals surface area contributed by atoms with Gasteiger partial charge in [0.2, 0.25) is 5.91 Å². The van der Waals surface area contributed by atoms with Gasteiger partial charge >= 0.3 is 12.1 Å². The minimum atomic E-state index is -4.69. The van der Waals surface area contributed by atoms with Crippen LogP contribution in [0.4, 0.5) is 18.9 Å². The van der Waals surface area contributed by atoms with Gasteiger partial charge in [-0.05, 0) is 36.4 Å². The van der Waals surface area contributed by atoms with Crippen LogP contribution in [-0.2, 0) is 20.5 Å². The summed E-state index contributed by atoms with van der Waals surface area (Å²) in [6.07, 6.45) is -4.69. The van der Waals surface area contributed by atoms with Crippen LogP contribution in [0, 0.1) is 11.3 Å². The molecule has 162 valence electrons. The molecule has 7 nitrogen and oxygen atoms in total. The molecule has 0 atom stereocenters. The van der Waals surface area contributed by atoms with Gasteiger partial charge in [0.15, 0.2) is 6.61 Å². The molecule has 0 spiro atoms. The van der Waals surface area contributed by atoms with Crippen molar-refractivity contribution in [1.29, 1.82) is 5.26 Å². The zero-order valence-corrected chi connectivity index (χ0v) is 16.8. The maximum absolute atomic E-state index is 12.9. The Morgan fingerprint density at radius 1 is 1.19 bits per heavy atom. The lowest BCUT2D eigenvalue weighted by Crippen LogP contribution is -2.37. The second kappa shape index (κ2) is 9.95. The Labute approximate surface area is 180 Å². The summed E-state index contributed by atoms with van der Waals surface area (Å²) in [7, 11) is 1.26. The zero-order chi connectivity index (χ0) is 23.2. The van der Waals surface area contributed by atoms with Crippen LogP contribution in [0.2, 0.25) is 5.02 Å². The molecule has 0 aromatic heterocycles. The van der Waals surface area contributed by atoms with E-state index in [-0.39, 0.29) is 16.8 Å². The maximum Gasteiger partial charge on any atom is 0.417 e. The van der Waals surface area contributed by atoms with E-state index in [9.17, 15) is 27.6 Å². The molecular weight excluding hydrogens is 439 g/mol. The van der Waals surface area contributed by atoms with E-state index in [2.05, 4.69) is 5.32 Å². The zero-order valence-electron chi connectivity index (χ0n) is 16.0. The van der Waals surface area contributed by atoms with Crippen molar-refractivity contribution in [2.24, 2.45) is 0 Å². The first-order valence-electron chi connectivity index (χ1n) is 8.59. The number of nitriles is 1. The highest BCUT2D eigenvalue weighted by molar-refractivity contribution is 6.31. The van der Waals surface area contributed by atoms with Crippen molar-refractivity contribution in [2.45, 2.75) is 6.18 Å². The SMILES string of the molecule is CN(CC(=O)Nc1ccc(Cl)c(C(F)(F)F)c1)C(=O)COC(=O)c1cccc(C#N)c1. The average molecular weight is 454 g/mol. The standard InChI is InChI=1S/C20H15ClF3N3O4/c1-27(18(29)11-31-19(30)13-4-2-3-12(7-13)9-25)10-17(28)26-14-5-6-16(21)15(8-14)20(22,23)24/h2-8H,10-11H2,1H3,(H,26,28). The molecule has 0 saturated carbocycles. The number of hydrogen-bond acceptors (Lipinski definition) is 5. The summed E-state index contributed by atoms with van der Waals surface area (Å²) in [4.78, 5) is 37.0. The number of alkyl halides is 3. The van der Waals surface area contributed by atoms with Crippen LogP contribution < -0.4 is 5.32 Å². The van der Waals surface area contributed by atoms with Crippen molar-refractivity contribution in [3.05, 3.63) is 64.2 Å². The van der Waals surface area contributed by atoms with Gasteiger partial charge < -0.3 is 15.0 Å². The summed E-state index contributed by atoms with van der Waals surface area (Å²) < 4.78 is 43.5. The third-order valence-electron chi connectivity index (χ3n) is 3.92. The largest absolute Gasteiger partial charge is 0.452 e. The molecule has 0 aliphatic rings. The van der Waals surface area contributed by atoms with Gasteiger partial charge in [-0.1, -0.05) is 17.7 Å². The van der Waals surface area contributed by atoms with Crippen molar-refractivity contribution >= 4 is 35.1 Å². The number of anilines is 1. The highest BCUT2D eigenvalue weighted by Crippen LogP contribution is 2.36. The minimum absolute atomic E-state index is 0.0791. The summed E-state index contributed by atoms with van der Waals surface area (Å²) >= 11 is 5.52. The Kier molecular flexibility index (Phi) is 7.61. The molecule has 0 bridgehead atoms. The number of nitrogens with one attached hydrogen (secondary N) is 1. The Morgan fingerprint density at radius 2 is 1.90 bits per heavy atom. The van der Waals surface area contributed by atoms with Crippen molar-refractivity contribution < 1.29 is 32.3 Å². The van der Waals surface area contributed by atoms with Gasteiger partial charge in [-0.25, -0.2) is 4.79 Å². The molecule has 0 radical (unpaired) electrons. The highest BCUT2D eigenvalue weighted by atomic mass is 35.5. The molecule has 0 saturated heterocycles. The topological polar surface area (TPSA) is 99.5 Å². The number of benzene rings is 2. The van der Waals surface area contributed by atoms with E-state index in [0.29, 0.717) is 6.07 Å². The van der Waals surface area contributed by atoms with Crippen molar-refractivity contribution in [1.82, 2.24) is 4.90 Å². The number of halogens is 4. The number of nitrogens with zero attached hydrogens (tertiary/aromatic N) is 2. The molecule has 11 heteroatoms. The number of rotatable bonds is 6. The van der Waals surface area contributed by atoms with E-state index in [4.69, 9.17) is 21.6 Å². The fourth-order valence-corrected chi connectivity index (χ4v) is 2.59. The lowest BCUT2D eigenvalue weighted by atomic mass is 10.1. The first-order chi connectivity index (χ1) is 14.5. The molecule has 0 aliphatic carbocycles. The van der Waals surface area contributed by atoms with E-state index >= 15 is 0 Å². The number of carbonyl (C=O) groups excluding carboxylic acids is 3. The van der Waals surface area contributed by atoms with E-state index in [1.54, 1.807) is 0 Å². The maximum atomic E-state index is 12.9. The first kappa shape index (κ1) is 23.7. The molecule has 0 heterocycles. The van der Waals surface area contributed by atoms with E-state index in [0.717, 1.165) is 11.0 Å². The summed E-state index contributed by atoms with van der Waals surface area (Å²) in [5, 5.41) is 10.6. The van der Waals surface area contributed by atoms with Crippen molar-refractivity contribution in [3.8, 4) is 6.07 Å². The quantitative estimate of drug-likeness (QED) is 0.675.